The van der Waals surface area contributed by atoms with Gasteiger partial charge in [-0.3, -0.25) is 9.59 Å². The van der Waals surface area contributed by atoms with Crippen molar-refractivity contribution in [1.29, 1.82) is 0 Å². The molecule has 4 rings (SSSR count). The maximum absolute atomic E-state index is 12.8. The smallest absolute Gasteiger partial charge is 0.273 e. The summed E-state index contributed by atoms with van der Waals surface area (Å²) in [5, 5.41) is 11.1. The van der Waals surface area contributed by atoms with Gasteiger partial charge in [-0.2, -0.15) is 0 Å². The Morgan fingerprint density at radius 2 is 2.04 bits per heavy atom. The zero-order valence-electron chi connectivity index (χ0n) is 15.5. The van der Waals surface area contributed by atoms with Crippen molar-refractivity contribution in [3.63, 3.8) is 0 Å². The number of carbonyl (C=O) groups is 2. The van der Waals surface area contributed by atoms with Crippen LogP contribution in [0.25, 0.3) is 0 Å². The first kappa shape index (κ1) is 17.7. The number of carbonyl (C=O) groups excluding carboxylic acids is 2. The number of rotatable bonds is 5. The molecule has 0 aromatic carbocycles. The van der Waals surface area contributed by atoms with Crippen LogP contribution in [-0.2, 0) is 13.6 Å². The predicted octanol–water partition coefficient (Wildman–Crippen LogP) is 0.989. The molecule has 1 aliphatic carbocycles. The van der Waals surface area contributed by atoms with E-state index in [1.54, 1.807) is 28.0 Å². The van der Waals surface area contributed by atoms with Gasteiger partial charge in [0.1, 0.15) is 5.69 Å². The molecule has 0 bridgehead atoms. The number of nitrogens with zero attached hydrogens (tertiary/aromatic N) is 6. The largest absolute Gasteiger partial charge is 0.348 e. The first-order valence-electron chi connectivity index (χ1n) is 9.60. The molecule has 1 atom stereocenters. The van der Waals surface area contributed by atoms with Gasteiger partial charge in [-0.25, -0.2) is 9.67 Å². The van der Waals surface area contributed by atoms with Crippen LogP contribution in [0.2, 0.25) is 0 Å². The molecule has 3 heterocycles. The number of nitrogens with one attached hydrogen (secondary N) is 1. The molecule has 2 amide bonds. The Bertz CT molecular complexity index is 821. The maximum atomic E-state index is 12.8. The Morgan fingerprint density at radius 3 is 2.78 bits per heavy atom. The fourth-order valence-electron chi connectivity index (χ4n) is 4.04. The van der Waals surface area contributed by atoms with Gasteiger partial charge >= 0.3 is 0 Å². The fraction of sp³-hybridized carbons (Fsp3) is 0.611. The third-order valence-corrected chi connectivity index (χ3v) is 5.53. The average molecular weight is 371 g/mol. The van der Waals surface area contributed by atoms with E-state index in [-0.39, 0.29) is 23.9 Å². The van der Waals surface area contributed by atoms with E-state index in [9.17, 15) is 9.59 Å². The van der Waals surface area contributed by atoms with Gasteiger partial charge < -0.3 is 14.8 Å². The van der Waals surface area contributed by atoms with Crippen molar-refractivity contribution in [3.05, 3.63) is 30.1 Å². The second-order valence-corrected chi connectivity index (χ2v) is 7.47. The number of hydrogen-bond donors (Lipinski definition) is 1. The Balaban J connectivity index is 1.39. The maximum Gasteiger partial charge on any atom is 0.273 e. The molecule has 0 unspecified atom stereocenters. The highest BCUT2D eigenvalue weighted by molar-refractivity contribution is 5.93. The van der Waals surface area contributed by atoms with Gasteiger partial charge in [-0.1, -0.05) is 18.1 Å². The van der Waals surface area contributed by atoms with Gasteiger partial charge in [0.2, 0.25) is 0 Å². The SMILES string of the molecule is Cn1cncc1C(=O)N1CCC[C@H]1Cn1cc(C(=O)NC2CCCC2)nn1. The lowest BCUT2D eigenvalue weighted by molar-refractivity contribution is 0.0711. The minimum absolute atomic E-state index is 0.0168. The third-order valence-electron chi connectivity index (χ3n) is 5.53. The van der Waals surface area contributed by atoms with Crippen LogP contribution < -0.4 is 5.32 Å². The Hall–Kier alpha value is -2.71. The van der Waals surface area contributed by atoms with Gasteiger partial charge in [-0.05, 0) is 25.7 Å². The van der Waals surface area contributed by atoms with Crippen molar-refractivity contribution < 1.29 is 9.59 Å². The van der Waals surface area contributed by atoms with Crippen molar-refractivity contribution in [2.75, 3.05) is 6.54 Å². The first-order valence-corrected chi connectivity index (χ1v) is 9.60. The van der Waals surface area contributed by atoms with Gasteiger partial charge in [0.15, 0.2) is 5.69 Å². The molecule has 9 nitrogen and oxygen atoms in total. The molecule has 144 valence electrons. The molecule has 2 aromatic rings. The summed E-state index contributed by atoms with van der Waals surface area (Å²) in [5.41, 5.74) is 0.918. The molecule has 2 fully saturated rings. The van der Waals surface area contributed by atoms with E-state index >= 15 is 0 Å². The van der Waals surface area contributed by atoms with Crippen molar-refractivity contribution >= 4 is 11.8 Å². The molecule has 2 aromatic heterocycles. The zero-order chi connectivity index (χ0) is 18.8. The molecule has 27 heavy (non-hydrogen) atoms. The highest BCUT2D eigenvalue weighted by Crippen LogP contribution is 2.21. The van der Waals surface area contributed by atoms with Crippen LogP contribution in [0.1, 0.15) is 59.5 Å². The summed E-state index contributed by atoms with van der Waals surface area (Å²) in [4.78, 5) is 31.0. The Morgan fingerprint density at radius 1 is 1.22 bits per heavy atom. The van der Waals surface area contributed by atoms with E-state index in [0.717, 1.165) is 32.2 Å². The predicted molar refractivity (Wildman–Crippen MR) is 97.0 cm³/mol. The summed E-state index contributed by atoms with van der Waals surface area (Å²) in [7, 11) is 1.82. The summed E-state index contributed by atoms with van der Waals surface area (Å²) < 4.78 is 3.40. The van der Waals surface area contributed by atoms with Gasteiger partial charge in [0, 0.05) is 19.6 Å². The number of aryl methyl sites for hydroxylation is 1. The highest BCUT2D eigenvalue weighted by atomic mass is 16.2. The minimum Gasteiger partial charge on any atom is -0.348 e. The molecule has 2 aliphatic rings. The molecule has 0 spiro atoms. The van der Waals surface area contributed by atoms with E-state index in [2.05, 4.69) is 20.6 Å². The molecule has 1 saturated heterocycles. The topological polar surface area (TPSA) is 97.9 Å². The molecule has 9 heteroatoms. The molecule has 1 N–H and O–H groups in total. The Kier molecular flexibility index (Phi) is 4.91. The summed E-state index contributed by atoms with van der Waals surface area (Å²) in [6, 6.07) is 0.296. The number of imidazole rings is 1. The van der Waals surface area contributed by atoms with Crippen LogP contribution in [0.4, 0.5) is 0 Å². The zero-order valence-corrected chi connectivity index (χ0v) is 15.5. The first-order chi connectivity index (χ1) is 13.1. The lowest BCUT2D eigenvalue weighted by atomic mass is 10.2. The summed E-state index contributed by atoms with van der Waals surface area (Å²) >= 11 is 0. The van der Waals surface area contributed by atoms with Gasteiger partial charge in [0.25, 0.3) is 11.8 Å². The monoisotopic (exact) mass is 371 g/mol. The van der Waals surface area contributed by atoms with Crippen LogP contribution in [0.3, 0.4) is 0 Å². The van der Waals surface area contributed by atoms with Crippen molar-refractivity contribution in [3.8, 4) is 0 Å². The number of likely N-dealkylation sites (tertiary alicyclic amines) is 1. The van der Waals surface area contributed by atoms with Crippen LogP contribution in [-0.4, -0.2) is 59.9 Å². The number of hydrogen-bond acceptors (Lipinski definition) is 5. The Labute approximate surface area is 157 Å². The quantitative estimate of drug-likeness (QED) is 0.845. The van der Waals surface area contributed by atoms with Crippen LogP contribution in [0.15, 0.2) is 18.7 Å². The van der Waals surface area contributed by atoms with Gasteiger partial charge in [0.05, 0.1) is 31.3 Å². The molecule has 1 aliphatic heterocycles. The van der Waals surface area contributed by atoms with E-state index in [1.807, 2.05) is 11.9 Å². The van der Waals surface area contributed by atoms with E-state index < -0.39 is 0 Å². The minimum atomic E-state index is -0.164. The summed E-state index contributed by atoms with van der Waals surface area (Å²) in [6.07, 6.45) is 11.2. The lowest BCUT2D eigenvalue weighted by Gasteiger charge is -2.24. The lowest BCUT2D eigenvalue weighted by Crippen LogP contribution is -2.39. The number of aromatic nitrogens is 5. The van der Waals surface area contributed by atoms with Crippen molar-refractivity contribution in [2.45, 2.75) is 57.2 Å². The highest BCUT2D eigenvalue weighted by Gasteiger charge is 2.31. The molecule has 0 radical (unpaired) electrons. The van der Waals surface area contributed by atoms with Crippen molar-refractivity contribution in [2.24, 2.45) is 7.05 Å². The number of amides is 2. The standard InChI is InChI=1S/C18H25N7O2/c1-23-12-19-9-16(23)18(27)25-8-4-7-14(25)10-24-11-15(21-22-24)17(26)20-13-5-2-3-6-13/h9,11-14H,2-8,10H2,1H3,(H,20,26)/t14-/m0/s1. The van der Waals surface area contributed by atoms with Crippen LogP contribution >= 0.6 is 0 Å². The summed E-state index contributed by atoms with van der Waals surface area (Å²) in [6.45, 7) is 1.26. The average Bonchev–Trinajstić information content (AvgIpc) is 3.42. The van der Waals surface area contributed by atoms with Crippen LogP contribution in [0, 0.1) is 0 Å². The molecule has 1 saturated carbocycles. The molecular weight excluding hydrogens is 346 g/mol. The van der Waals surface area contributed by atoms with E-state index in [4.69, 9.17) is 0 Å². The van der Waals surface area contributed by atoms with Crippen LogP contribution in [0.5, 0.6) is 0 Å². The third kappa shape index (κ3) is 3.72. The van der Waals surface area contributed by atoms with Crippen molar-refractivity contribution in [1.82, 2.24) is 34.8 Å². The fourth-order valence-corrected chi connectivity index (χ4v) is 4.04. The van der Waals surface area contributed by atoms with Gasteiger partial charge in [-0.15, -0.1) is 5.10 Å². The van der Waals surface area contributed by atoms with E-state index in [1.165, 1.54) is 12.8 Å². The van der Waals surface area contributed by atoms with E-state index in [0.29, 0.717) is 17.9 Å². The normalized spacial score (nSPS) is 20.3. The molecular formula is C18H25N7O2. The second kappa shape index (κ2) is 7.50. The second-order valence-electron chi connectivity index (χ2n) is 7.47. The summed E-state index contributed by atoms with van der Waals surface area (Å²) in [5.74, 6) is -0.181.